The minimum absolute atomic E-state index is 0.0733. The molecule has 24 heavy (non-hydrogen) atoms. The Balaban J connectivity index is 1.64. The summed E-state index contributed by atoms with van der Waals surface area (Å²) in [7, 11) is -3.56. The van der Waals surface area contributed by atoms with E-state index in [1.54, 1.807) is 24.4 Å². The molecule has 0 unspecified atom stereocenters. The van der Waals surface area contributed by atoms with E-state index in [1.165, 1.54) is 12.1 Å². The van der Waals surface area contributed by atoms with Gasteiger partial charge in [0, 0.05) is 25.2 Å². The van der Waals surface area contributed by atoms with E-state index in [4.69, 9.17) is 0 Å². The van der Waals surface area contributed by atoms with Gasteiger partial charge in [0.05, 0.1) is 11.1 Å². The van der Waals surface area contributed by atoms with E-state index in [0.29, 0.717) is 6.54 Å². The van der Waals surface area contributed by atoms with E-state index in [0.717, 1.165) is 24.1 Å². The average Bonchev–Trinajstić information content (AvgIpc) is 2.97. The molecule has 2 rings (SSSR count). The number of aryl methyl sites for hydroxylation is 2. The normalized spacial score (nSPS) is 11.4. The second-order valence-corrected chi connectivity index (χ2v) is 7.20. The fraction of sp³-hybridized carbons (Fsp3) is 0.375. The molecule has 8 heteroatoms. The van der Waals surface area contributed by atoms with Crippen molar-refractivity contribution in [2.24, 2.45) is 0 Å². The summed E-state index contributed by atoms with van der Waals surface area (Å²) in [5, 5.41) is 9.60. The molecular formula is C16H22N4O3S. The standard InChI is InChI=1S/C16H22N4O3S/c1-13-14(12-18-20-13)6-5-10-17-16(21)9-11-19-24(22,23)15-7-3-2-4-8-15/h2-4,7-8,12,19H,5-6,9-11H2,1H3,(H,17,21)(H,18,20). The minimum Gasteiger partial charge on any atom is -0.356 e. The van der Waals surface area contributed by atoms with Gasteiger partial charge in [-0.25, -0.2) is 13.1 Å². The number of aromatic nitrogens is 2. The number of hydrogen-bond acceptors (Lipinski definition) is 4. The summed E-state index contributed by atoms with van der Waals surface area (Å²) in [6.07, 6.45) is 3.54. The summed E-state index contributed by atoms with van der Waals surface area (Å²) in [4.78, 5) is 11.9. The van der Waals surface area contributed by atoms with Crippen molar-refractivity contribution in [2.75, 3.05) is 13.1 Å². The van der Waals surface area contributed by atoms with Crippen molar-refractivity contribution in [3.8, 4) is 0 Å². The molecule has 7 nitrogen and oxygen atoms in total. The van der Waals surface area contributed by atoms with E-state index < -0.39 is 10.0 Å². The summed E-state index contributed by atoms with van der Waals surface area (Å²) < 4.78 is 26.4. The zero-order valence-electron chi connectivity index (χ0n) is 13.6. The highest BCUT2D eigenvalue weighted by atomic mass is 32.2. The molecule has 0 spiro atoms. The molecule has 1 amide bonds. The Bertz CT molecular complexity index is 757. The highest BCUT2D eigenvalue weighted by molar-refractivity contribution is 7.89. The van der Waals surface area contributed by atoms with Crippen molar-refractivity contribution in [3.63, 3.8) is 0 Å². The smallest absolute Gasteiger partial charge is 0.240 e. The Labute approximate surface area is 141 Å². The number of aromatic amines is 1. The predicted molar refractivity (Wildman–Crippen MR) is 90.9 cm³/mol. The van der Waals surface area contributed by atoms with Gasteiger partial charge in [0.15, 0.2) is 0 Å². The molecule has 1 aromatic heterocycles. The maximum atomic E-state index is 12.0. The highest BCUT2D eigenvalue weighted by Crippen LogP contribution is 2.07. The largest absolute Gasteiger partial charge is 0.356 e. The van der Waals surface area contributed by atoms with E-state index in [1.807, 2.05) is 6.92 Å². The van der Waals surface area contributed by atoms with Gasteiger partial charge in [0.25, 0.3) is 0 Å². The van der Waals surface area contributed by atoms with Crippen LogP contribution in [0.5, 0.6) is 0 Å². The van der Waals surface area contributed by atoms with Gasteiger partial charge in [-0.3, -0.25) is 9.89 Å². The van der Waals surface area contributed by atoms with Gasteiger partial charge in [-0.15, -0.1) is 0 Å². The van der Waals surface area contributed by atoms with Crippen molar-refractivity contribution in [1.82, 2.24) is 20.2 Å². The summed E-state index contributed by atoms with van der Waals surface area (Å²) in [5.41, 5.74) is 2.18. The van der Waals surface area contributed by atoms with Crippen LogP contribution in [0.1, 0.15) is 24.1 Å². The molecule has 0 aliphatic rings. The number of hydrogen-bond donors (Lipinski definition) is 3. The van der Waals surface area contributed by atoms with E-state index in [9.17, 15) is 13.2 Å². The molecule has 0 aliphatic heterocycles. The highest BCUT2D eigenvalue weighted by Gasteiger charge is 2.13. The summed E-state index contributed by atoms with van der Waals surface area (Å²) >= 11 is 0. The first-order valence-corrected chi connectivity index (χ1v) is 9.27. The van der Waals surface area contributed by atoms with Gasteiger partial charge in [0.1, 0.15) is 0 Å². The Kier molecular flexibility index (Phi) is 6.51. The zero-order chi connectivity index (χ0) is 17.4. The predicted octanol–water partition coefficient (Wildman–Crippen LogP) is 1.14. The van der Waals surface area contributed by atoms with Crippen molar-refractivity contribution in [2.45, 2.75) is 31.1 Å². The molecule has 0 radical (unpaired) electrons. The molecule has 1 aromatic carbocycles. The molecule has 0 bridgehead atoms. The molecule has 130 valence electrons. The molecule has 0 saturated heterocycles. The molecule has 1 heterocycles. The quantitative estimate of drug-likeness (QED) is 0.590. The van der Waals surface area contributed by atoms with Gasteiger partial charge in [-0.05, 0) is 37.5 Å². The van der Waals surface area contributed by atoms with Crippen molar-refractivity contribution >= 4 is 15.9 Å². The number of nitrogens with zero attached hydrogens (tertiary/aromatic N) is 1. The molecule has 3 N–H and O–H groups in total. The van der Waals surface area contributed by atoms with E-state index >= 15 is 0 Å². The van der Waals surface area contributed by atoms with Crippen molar-refractivity contribution < 1.29 is 13.2 Å². The molecular weight excluding hydrogens is 328 g/mol. The number of carbonyl (C=O) groups excluding carboxylic acids is 1. The Morgan fingerprint density at radius 3 is 2.62 bits per heavy atom. The Hall–Kier alpha value is -2.19. The molecule has 0 aliphatic carbocycles. The first-order valence-electron chi connectivity index (χ1n) is 7.79. The summed E-state index contributed by atoms with van der Waals surface area (Å²) in [6.45, 7) is 2.58. The number of carbonyl (C=O) groups is 1. The van der Waals surface area contributed by atoms with Crippen LogP contribution in [0.3, 0.4) is 0 Å². The van der Waals surface area contributed by atoms with E-state index in [-0.39, 0.29) is 23.8 Å². The lowest BCUT2D eigenvalue weighted by molar-refractivity contribution is -0.120. The first-order chi connectivity index (χ1) is 11.5. The monoisotopic (exact) mass is 350 g/mol. The van der Waals surface area contributed by atoms with Crippen molar-refractivity contribution in [1.29, 1.82) is 0 Å². The van der Waals surface area contributed by atoms with Gasteiger partial charge in [-0.2, -0.15) is 5.10 Å². The van der Waals surface area contributed by atoms with Gasteiger partial charge >= 0.3 is 0 Å². The number of benzene rings is 1. The Morgan fingerprint density at radius 2 is 1.96 bits per heavy atom. The third-order valence-electron chi connectivity index (χ3n) is 3.58. The molecule has 2 aromatic rings. The van der Waals surface area contributed by atoms with Gasteiger partial charge in [-0.1, -0.05) is 18.2 Å². The second kappa shape index (κ2) is 8.60. The van der Waals surface area contributed by atoms with Crippen LogP contribution in [-0.4, -0.2) is 37.6 Å². The van der Waals surface area contributed by atoms with E-state index in [2.05, 4.69) is 20.2 Å². The van der Waals surface area contributed by atoms with Crippen LogP contribution in [0.25, 0.3) is 0 Å². The maximum absolute atomic E-state index is 12.0. The topological polar surface area (TPSA) is 104 Å². The average molecular weight is 350 g/mol. The third-order valence-corrected chi connectivity index (χ3v) is 5.05. The number of sulfonamides is 1. The van der Waals surface area contributed by atoms with Crippen LogP contribution in [0.2, 0.25) is 0 Å². The number of nitrogens with one attached hydrogen (secondary N) is 3. The SMILES string of the molecule is Cc1[nH]ncc1CCCNC(=O)CCNS(=O)(=O)c1ccccc1. The minimum atomic E-state index is -3.56. The lowest BCUT2D eigenvalue weighted by Gasteiger charge is -2.07. The van der Waals surface area contributed by atoms with Gasteiger partial charge in [0.2, 0.25) is 15.9 Å². The molecule has 0 atom stereocenters. The van der Waals surface area contributed by atoms with Crippen molar-refractivity contribution in [3.05, 3.63) is 47.8 Å². The summed E-state index contributed by atoms with van der Waals surface area (Å²) in [6, 6.07) is 8.09. The number of amides is 1. The maximum Gasteiger partial charge on any atom is 0.240 e. The lowest BCUT2D eigenvalue weighted by Crippen LogP contribution is -2.31. The number of rotatable bonds is 9. The lowest BCUT2D eigenvalue weighted by atomic mass is 10.1. The first kappa shape index (κ1) is 18.2. The third kappa shape index (κ3) is 5.47. The molecule has 0 saturated carbocycles. The second-order valence-electron chi connectivity index (χ2n) is 5.43. The Morgan fingerprint density at radius 1 is 1.21 bits per heavy atom. The summed E-state index contributed by atoms with van der Waals surface area (Å²) in [5.74, 6) is -0.172. The van der Waals surface area contributed by atoms with Crippen LogP contribution < -0.4 is 10.0 Å². The van der Waals surface area contributed by atoms with Crippen LogP contribution in [0, 0.1) is 6.92 Å². The zero-order valence-corrected chi connectivity index (χ0v) is 14.4. The fourth-order valence-corrected chi connectivity index (χ4v) is 3.26. The van der Waals surface area contributed by atoms with Crippen LogP contribution >= 0.6 is 0 Å². The van der Waals surface area contributed by atoms with Crippen LogP contribution in [-0.2, 0) is 21.2 Å². The number of H-pyrrole nitrogens is 1. The van der Waals surface area contributed by atoms with Crippen LogP contribution in [0.15, 0.2) is 41.4 Å². The fourth-order valence-electron chi connectivity index (χ4n) is 2.20. The molecule has 0 fully saturated rings. The van der Waals surface area contributed by atoms with Gasteiger partial charge < -0.3 is 5.32 Å². The van der Waals surface area contributed by atoms with Crippen LogP contribution in [0.4, 0.5) is 0 Å².